The number of carboxylic acids is 1. The second kappa shape index (κ2) is 6.61. The molecule has 0 bridgehead atoms. The van der Waals surface area contributed by atoms with Crippen molar-refractivity contribution in [3.05, 3.63) is 29.8 Å². The lowest BCUT2D eigenvalue weighted by molar-refractivity contribution is -0.136. The molecule has 0 atom stereocenters. The molecule has 0 aliphatic heterocycles. The number of amides is 2. The summed E-state index contributed by atoms with van der Waals surface area (Å²) in [4.78, 5) is 22.6. The lowest BCUT2D eigenvalue weighted by Crippen LogP contribution is -2.33. The third kappa shape index (κ3) is 4.77. The van der Waals surface area contributed by atoms with Crippen molar-refractivity contribution in [1.82, 2.24) is 5.32 Å². The quantitative estimate of drug-likeness (QED) is 0.722. The van der Waals surface area contributed by atoms with E-state index in [2.05, 4.69) is 17.6 Å². The van der Waals surface area contributed by atoms with Gasteiger partial charge in [0.05, 0.1) is 6.42 Å². The number of nitrogens with one attached hydrogen (secondary N) is 2. The zero-order chi connectivity index (χ0) is 15.3. The lowest BCUT2D eigenvalue weighted by atomic mass is 10.0. The van der Waals surface area contributed by atoms with E-state index in [1.54, 1.807) is 24.3 Å². The Morgan fingerprint density at radius 2 is 2.10 bits per heavy atom. The molecule has 21 heavy (non-hydrogen) atoms. The fraction of sp³-hybridized carbons (Fsp3) is 0.500. The van der Waals surface area contributed by atoms with E-state index >= 15 is 0 Å². The van der Waals surface area contributed by atoms with Crippen LogP contribution in [0.15, 0.2) is 24.3 Å². The second-order valence-corrected chi connectivity index (χ2v) is 5.83. The average molecular weight is 290 g/mol. The third-order valence-corrected chi connectivity index (χ3v) is 3.90. The molecule has 1 saturated carbocycles. The highest BCUT2D eigenvalue weighted by atomic mass is 16.4. The normalized spacial score (nSPS) is 15.3. The van der Waals surface area contributed by atoms with Crippen molar-refractivity contribution in [2.75, 3.05) is 11.9 Å². The van der Waals surface area contributed by atoms with Crippen molar-refractivity contribution in [3.63, 3.8) is 0 Å². The van der Waals surface area contributed by atoms with Crippen LogP contribution in [0.3, 0.4) is 0 Å². The van der Waals surface area contributed by atoms with Gasteiger partial charge in [0.1, 0.15) is 0 Å². The largest absolute Gasteiger partial charge is 0.481 e. The summed E-state index contributed by atoms with van der Waals surface area (Å²) in [6, 6.07) is 6.69. The minimum absolute atomic E-state index is 0.0449. The number of aliphatic carboxylic acids is 1. The number of anilines is 1. The summed E-state index contributed by atoms with van der Waals surface area (Å²) in [6.45, 7) is 2.87. The van der Waals surface area contributed by atoms with E-state index in [1.807, 2.05) is 0 Å². The Labute approximate surface area is 124 Å². The van der Waals surface area contributed by atoms with Gasteiger partial charge in [0.25, 0.3) is 0 Å². The van der Waals surface area contributed by atoms with Gasteiger partial charge in [-0.3, -0.25) is 4.79 Å². The molecule has 114 valence electrons. The topological polar surface area (TPSA) is 78.4 Å². The van der Waals surface area contributed by atoms with Gasteiger partial charge in [-0.05, 0) is 42.4 Å². The van der Waals surface area contributed by atoms with E-state index in [9.17, 15) is 9.59 Å². The van der Waals surface area contributed by atoms with Crippen LogP contribution < -0.4 is 10.6 Å². The molecule has 2 rings (SSSR count). The van der Waals surface area contributed by atoms with Crippen LogP contribution in [-0.2, 0) is 11.2 Å². The summed E-state index contributed by atoms with van der Waals surface area (Å²) in [5.41, 5.74) is 1.61. The van der Waals surface area contributed by atoms with Gasteiger partial charge in [0.2, 0.25) is 0 Å². The minimum atomic E-state index is -0.883. The number of hydrogen-bond acceptors (Lipinski definition) is 2. The van der Waals surface area contributed by atoms with Gasteiger partial charge in [-0.15, -0.1) is 0 Å². The summed E-state index contributed by atoms with van der Waals surface area (Å²) in [6.07, 6.45) is 4.63. The molecule has 3 N–H and O–H groups in total. The van der Waals surface area contributed by atoms with Crippen molar-refractivity contribution in [2.45, 2.75) is 39.0 Å². The summed E-state index contributed by atoms with van der Waals surface area (Å²) < 4.78 is 0. The van der Waals surface area contributed by atoms with E-state index in [1.165, 1.54) is 12.8 Å². The highest BCUT2D eigenvalue weighted by molar-refractivity contribution is 5.89. The molecule has 0 saturated heterocycles. The standard InChI is InChI=1S/C16H22N2O3/c1-2-6-16(7-8-16)11-17-15(21)18-13-5-3-4-12(9-13)10-14(19)20/h3-5,9H,2,6-8,10-11H2,1H3,(H,19,20)(H2,17,18,21). The molecular formula is C16H22N2O3. The number of rotatable bonds is 7. The van der Waals surface area contributed by atoms with Gasteiger partial charge in [-0.25, -0.2) is 4.79 Å². The van der Waals surface area contributed by atoms with Gasteiger partial charge >= 0.3 is 12.0 Å². The fourth-order valence-electron chi connectivity index (χ4n) is 2.60. The fourth-order valence-corrected chi connectivity index (χ4v) is 2.60. The van der Waals surface area contributed by atoms with Gasteiger partial charge in [0, 0.05) is 12.2 Å². The monoisotopic (exact) mass is 290 g/mol. The van der Waals surface area contributed by atoms with Gasteiger partial charge in [-0.2, -0.15) is 0 Å². The summed E-state index contributed by atoms with van der Waals surface area (Å²) in [5.74, 6) is -0.883. The first-order valence-electron chi connectivity index (χ1n) is 7.39. The van der Waals surface area contributed by atoms with Crippen molar-refractivity contribution in [2.24, 2.45) is 5.41 Å². The lowest BCUT2D eigenvalue weighted by Gasteiger charge is -2.15. The number of hydrogen-bond donors (Lipinski definition) is 3. The maximum atomic E-state index is 11.9. The Morgan fingerprint density at radius 1 is 1.33 bits per heavy atom. The second-order valence-electron chi connectivity index (χ2n) is 5.83. The summed E-state index contributed by atoms with van der Waals surface area (Å²) >= 11 is 0. The molecule has 5 nitrogen and oxygen atoms in total. The highest BCUT2D eigenvalue weighted by Gasteiger charge is 2.41. The van der Waals surface area contributed by atoms with Crippen LogP contribution >= 0.6 is 0 Å². The molecule has 0 radical (unpaired) electrons. The SMILES string of the molecule is CCCC1(CNC(=O)Nc2cccc(CC(=O)O)c2)CC1. The molecule has 0 aromatic heterocycles. The van der Waals surface area contributed by atoms with Crippen LogP contribution in [0.4, 0.5) is 10.5 Å². The zero-order valence-corrected chi connectivity index (χ0v) is 12.3. The Kier molecular flexibility index (Phi) is 4.83. The van der Waals surface area contributed by atoms with E-state index in [0.717, 1.165) is 12.8 Å². The maximum absolute atomic E-state index is 11.9. The molecule has 0 spiro atoms. The first-order chi connectivity index (χ1) is 10.0. The third-order valence-electron chi connectivity index (χ3n) is 3.90. The predicted octanol–water partition coefficient (Wildman–Crippen LogP) is 3.02. The maximum Gasteiger partial charge on any atom is 0.319 e. The minimum Gasteiger partial charge on any atom is -0.481 e. The number of benzene rings is 1. The van der Waals surface area contributed by atoms with E-state index in [0.29, 0.717) is 23.2 Å². The molecular weight excluding hydrogens is 268 g/mol. The molecule has 1 aromatic carbocycles. The van der Waals surface area contributed by atoms with E-state index in [-0.39, 0.29) is 12.5 Å². The zero-order valence-electron chi connectivity index (χ0n) is 12.3. The molecule has 1 aliphatic carbocycles. The van der Waals surface area contributed by atoms with Crippen LogP contribution in [0.1, 0.15) is 38.2 Å². The Bertz CT molecular complexity index is 524. The van der Waals surface area contributed by atoms with Crippen LogP contribution in [-0.4, -0.2) is 23.7 Å². The van der Waals surface area contributed by atoms with Crippen LogP contribution in [0.2, 0.25) is 0 Å². The molecule has 1 aliphatic rings. The molecule has 0 heterocycles. The van der Waals surface area contributed by atoms with Gasteiger partial charge < -0.3 is 15.7 Å². The van der Waals surface area contributed by atoms with Crippen molar-refractivity contribution in [3.8, 4) is 0 Å². The van der Waals surface area contributed by atoms with Crippen LogP contribution in [0.25, 0.3) is 0 Å². The van der Waals surface area contributed by atoms with Crippen molar-refractivity contribution < 1.29 is 14.7 Å². The number of carbonyl (C=O) groups is 2. The summed E-state index contributed by atoms with van der Waals surface area (Å²) in [7, 11) is 0. The number of urea groups is 1. The molecule has 5 heteroatoms. The Hall–Kier alpha value is -2.04. The molecule has 2 amide bonds. The van der Waals surface area contributed by atoms with Crippen molar-refractivity contribution in [1.29, 1.82) is 0 Å². The van der Waals surface area contributed by atoms with Crippen LogP contribution in [0, 0.1) is 5.41 Å². The average Bonchev–Trinajstić information content (AvgIpc) is 3.17. The smallest absolute Gasteiger partial charge is 0.319 e. The molecule has 0 unspecified atom stereocenters. The number of carbonyl (C=O) groups excluding carboxylic acids is 1. The Balaban J connectivity index is 1.83. The molecule has 1 fully saturated rings. The first kappa shape index (κ1) is 15.4. The van der Waals surface area contributed by atoms with Gasteiger partial charge in [-0.1, -0.05) is 25.5 Å². The summed E-state index contributed by atoms with van der Waals surface area (Å²) in [5, 5.41) is 14.4. The predicted molar refractivity (Wildman–Crippen MR) is 81.4 cm³/mol. The first-order valence-corrected chi connectivity index (χ1v) is 7.39. The highest BCUT2D eigenvalue weighted by Crippen LogP contribution is 2.48. The Morgan fingerprint density at radius 3 is 2.71 bits per heavy atom. The van der Waals surface area contributed by atoms with E-state index in [4.69, 9.17) is 5.11 Å². The van der Waals surface area contributed by atoms with Crippen molar-refractivity contribution >= 4 is 17.7 Å². The van der Waals surface area contributed by atoms with Gasteiger partial charge in [0.15, 0.2) is 0 Å². The number of carboxylic acid groups (broad SMARTS) is 1. The molecule has 1 aromatic rings. The van der Waals surface area contributed by atoms with E-state index < -0.39 is 5.97 Å². The van der Waals surface area contributed by atoms with Crippen LogP contribution in [0.5, 0.6) is 0 Å².